The van der Waals surface area contributed by atoms with Gasteiger partial charge in [-0.15, -0.1) is 11.3 Å². The molecule has 0 spiro atoms. The van der Waals surface area contributed by atoms with Crippen LogP contribution in [0.5, 0.6) is 5.75 Å². The smallest absolute Gasteiger partial charge is 0.155 e. The van der Waals surface area contributed by atoms with Crippen LogP contribution in [0.1, 0.15) is 50.5 Å². The second kappa shape index (κ2) is 5.70. The first kappa shape index (κ1) is 18.3. The number of nitriles is 1. The van der Waals surface area contributed by atoms with Crippen LogP contribution in [0.4, 0.5) is 10.1 Å². The Hall–Kier alpha value is -2.10. The van der Waals surface area contributed by atoms with Gasteiger partial charge in [0.25, 0.3) is 0 Å². The van der Waals surface area contributed by atoms with Crippen molar-refractivity contribution in [2.75, 3.05) is 12.4 Å². The molecule has 2 heterocycles. The van der Waals surface area contributed by atoms with E-state index < -0.39 is 16.6 Å². The lowest BCUT2D eigenvalue weighted by molar-refractivity contribution is -0.0628. The van der Waals surface area contributed by atoms with E-state index in [9.17, 15) is 10.4 Å². The highest BCUT2D eigenvalue weighted by Gasteiger charge is 2.62. The van der Waals surface area contributed by atoms with Gasteiger partial charge in [-0.3, -0.25) is 0 Å². The van der Waals surface area contributed by atoms with Gasteiger partial charge in [-0.2, -0.15) is 5.26 Å². The van der Waals surface area contributed by atoms with Crippen LogP contribution >= 0.6 is 11.3 Å². The van der Waals surface area contributed by atoms with Gasteiger partial charge in [-0.1, -0.05) is 6.92 Å². The van der Waals surface area contributed by atoms with E-state index in [4.69, 9.17) is 4.74 Å². The fraction of sp³-hybridized carbons (Fsp3) is 0.476. The molecule has 0 bridgehead atoms. The van der Waals surface area contributed by atoms with Gasteiger partial charge in [-0.25, -0.2) is 4.39 Å². The summed E-state index contributed by atoms with van der Waals surface area (Å²) in [4.78, 5) is 0.424. The summed E-state index contributed by atoms with van der Waals surface area (Å²) in [5.74, 6) is 0.0296. The van der Waals surface area contributed by atoms with Crippen molar-refractivity contribution >= 4 is 17.0 Å². The van der Waals surface area contributed by atoms with Crippen LogP contribution < -0.4 is 10.1 Å². The number of thiophene rings is 1. The van der Waals surface area contributed by atoms with Crippen molar-refractivity contribution in [2.45, 2.75) is 56.6 Å². The molecule has 0 radical (unpaired) electrons. The van der Waals surface area contributed by atoms with Crippen LogP contribution in [-0.4, -0.2) is 23.4 Å². The lowest BCUT2D eigenvalue weighted by Crippen LogP contribution is -2.65. The summed E-state index contributed by atoms with van der Waals surface area (Å²) in [5.41, 5.74) is 0.678. The SMILES string of the molecule is COc1c(-c2cc3c(cc2F)NC(C)(C)C2(O)CCCC32C)csc1C#N. The third-order valence-electron chi connectivity index (χ3n) is 6.65. The number of nitrogens with zero attached hydrogens (tertiary/aromatic N) is 1. The standard InChI is InChI=1S/C21H23FN2O2S/c1-19(2)21(25)7-5-6-20(21,3)14-8-12(15(22)9-16(14)24-19)13-11-27-17(10-23)18(13)26-4/h8-9,11,24-25H,5-7H2,1-4H3. The fourth-order valence-electron chi connectivity index (χ4n) is 5.13. The molecular weight excluding hydrogens is 363 g/mol. The zero-order chi connectivity index (χ0) is 19.6. The Labute approximate surface area is 162 Å². The van der Waals surface area contributed by atoms with E-state index in [-0.39, 0.29) is 5.82 Å². The van der Waals surface area contributed by atoms with Crippen LogP contribution in [-0.2, 0) is 5.41 Å². The molecule has 2 aliphatic rings. The molecule has 1 saturated carbocycles. The Morgan fingerprint density at radius 1 is 1.26 bits per heavy atom. The van der Waals surface area contributed by atoms with Gasteiger partial charge in [0.1, 0.15) is 16.8 Å². The summed E-state index contributed by atoms with van der Waals surface area (Å²) in [6, 6.07) is 5.44. The number of methoxy groups -OCH3 is 1. The minimum Gasteiger partial charge on any atom is -0.494 e. The number of aliphatic hydroxyl groups is 1. The molecule has 2 atom stereocenters. The van der Waals surface area contributed by atoms with Crippen molar-refractivity contribution < 1.29 is 14.2 Å². The number of benzene rings is 1. The molecule has 0 amide bonds. The zero-order valence-corrected chi connectivity index (χ0v) is 16.8. The number of halogens is 1. The molecule has 2 unspecified atom stereocenters. The predicted molar refractivity (Wildman–Crippen MR) is 105 cm³/mol. The van der Waals surface area contributed by atoms with E-state index in [1.54, 1.807) is 5.38 Å². The van der Waals surface area contributed by atoms with E-state index in [2.05, 4.69) is 18.3 Å². The second-order valence-electron chi connectivity index (χ2n) is 8.30. The quantitative estimate of drug-likeness (QED) is 0.777. The highest BCUT2D eigenvalue weighted by molar-refractivity contribution is 7.11. The number of nitrogens with one attached hydrogen (secondary N) is 1. The van der Waals surface area contributed by atoms with Gasteiger partial charge in [-0.05, 0) is 50.8 Å². The fourth-order valence-corrected chi connectivity index (χ4v) is 5.96. The molecule has 1 aliphatic carbocycles. The third-order valence-corrected chi connectivity index (χ3v) is 7.52. The lowest BCUT2D eigenvalue weighted by atomic mass is 9.60. The molecule has 27 heavy (non-hydrogen) atoms. The van der Waals surface area contributed by atoms with Gasteiger partial charge >= 0.3 is 0 Å². The largest absolute Gasteiger partial charge is 0.494 e. The Morgan fingerprint density at radius 2 is 2.00 bits per heavy atom. The molecule has 142 valence electrons. The van der Waals surface area contributed by atoms with Crippen molar-refractivity contribution in [3.8, 4) is 22.9 Å². The Bertz CT molecular complexity index is 977. The molecule has 4 nitrogen and oxygen atoms in total. The molecule has 1 aromatic heterocycles. The number of hydrogen-bond acceptors (Lipinski definition) is 5. The molecule has 6 heteroatoms. The minimum atomic E-state index is -0.918. The Kier molecular flexibility index (Phi) is 3.86. The summed E-state index contributed by atoms with van der Waals surface area (Å²) in [6.07, 6.45) is 2.47. The van der Waals surface area contributed by atoms with E-state index in [0.29, 0.717) is 28.2 Å². The molecular formula is C21H23FN2O2S. The zero-order valence-electron chi connectivity index (χ0n) is 15.9. The summed E-state index contributed by atoms with van der Waals surface area (Å²) >= 11 is 1.24. The van der Waals surface area contributed by atoms with Crippen molar-refractivity contribution in [1.82, 2.24) is 0 Å². The summed E-state index contributed by atoms with van der Waals surface area (Å²) in [7, 11) is 1.49. The average molecular weight is 386 g/mol. The van der Waals surface area contributed by atoms with Crippen molar-refractivity contribution in [2.24, 2.45) is 0 Å². The van der Waals surface area contributed by atoms with E-state index in [1.165, 1.54) is 24.5 Å². The number of hydrogen-bond donors (Lipinski definition) is 2. The number of fused-ring (bicyclic) bond motifs is 3. The lowest BCUT2D eigenvalue weighted by Gasteiger charge is -2.55. The van der Waals surface area contributed by atoms with Crippen LogP contribution in [0, 0.1) is 17.1 Å². The van der Waals surface area contributed by atoms with Gasteiger partial charge < -0.3 is 15.2 Å². The first-order valence-electron chi connectivity index (χ1n) is 9.09. The van der Waals surface area contributed by atoms with E-state index in [1.807, 2.05) is 19.9 Å². The highest BCUT2D eigenvalue weighted by Crippen LogP contribution is 2.59. The first-order chi connectivity index (χ1) is 12.7. The number of rotatable bonds is 2. The molecule has 2 aromatic rings. The maximum Gasteiger partial charge on any atom is 0.155 e. The highest BCUT2D eigenvalue weighted by atomic mass is 32.1. The maximum atomic E-state index is 15.1. The van der Waals surface area contributed by atoms with Gasteiger partial charge in [0.15, 0.2) is 5.75 Å². The van der Waals surface area contributed by atoms with Crippen LogP contribution in [0.15, 0.2) is 17.5 Å². The Morgan fingerprint density at radius 3 is 2.67 bits per heavy atom. The van der Waals surface area contributed by atoms with Crippen LogP contribution in [0.3, 0.4) is 0 Å². The van der Waals surface area contributed by atoms with Gasteiger partial charge in [0, 0.05) is 27.6 Å². The monoisotopic (exact) mass is 386 g/mol. The van der Waals surface area contributed by atoms with Crippen molar-refractivity contribution in [3.05, 3.63) is 33.8 Å². The number of ether oxygens (including phenoxy) is 1. The second-order valence-corrected chi connectivity index (χ2v) is 9.18. The molecule has 1 fully saturated rings. The molecule has 4 rings (SSSR count). The number of anilines is 1. The van der Waals surface area contributed by atoms with Crippen LogP contribution in [0.2, 0.25) is 0 Å². The van der Waals surface area contributed by atoms with Crippen molar-refractivity contribution in [3.63, 3.8) is 0 Å². The van der Waals surface area contributed by atoms with Crippen LogP contribution in [0.25, 0.3) is 11.1 Å². The summed E-state index contributed by atoms with van der Waals surface area (Å²) in [6.45, 7) is 6.04. The predicted octanol–water partition coefficient (Wildman–Crippen LogP) is 4.81. The average Bonchev–Trinajstić information content (AvgIpc) is 3.16. The van der Waals surface area contributed by atoms with E-state index >= 15 is 4.39 Å². The van der Waals surface area contributed by atoms with Gasteiger partial charge in [0.2, 0.25) is 0 Å². The molecule has 1 aliphatic heterocycles. The maximum absolute atomic E-state index is 15.1. The normalized spacial score (nSPS) is 28.0. The Balaban J connectivity index is 1.96. The summed E-state index contributed by atoms with van der Waals surface area (Å²) in [5, 5.41) is 26.0. The minimum absolute atomic E-state index is 0.371. The molecule has 1 aromatic carbocycles. The topological polar surface area (TPSA) is 65.3 Å². The van der Waals surface area contributed by atoms with Gasteiger partial charge in [0.05, 0.1) is 18.2 Å². The third kappa shape index (κ3) is 2.22. The first-order valence-corrected chi connectivity index (χ1v) is 9.97. The van der Waals surface area contributed by atoms with Crippen molar-refractivity contribution in [1.29, 1.82) is 5.26 Å². The molecule has 0 saturated heterocycles. The summed E-state index contributed by atoms with van der Waals surface area (Å²) < 4.78 is 20.5. The molecule has 2 N–H and O–H groups in total. The van der Waals surface area contributed by atoms with E-state index in [0.717, 1.165) is 24.1 Å².